The minimum atomic E-state index is -0.698. The first-order valence-electron chi connectivity index (χ1n) is 9.01. The second kappa shape index (κ2) is 8.51. The largest absolute Gasteiger partial charge is 0.467 e. The molecule has 1 aromatic carbocycles. The molecule has 3 rings (SSSR count). The van der Waals surface area contributed by atoms with Crippen LogP contribution >= 0.6 is 0 Å². The fourth-order valence-electron chi connectivity index (χ4n) is 2.92. The quantitative estimate of drug-likeness (QED) is 0.573. The summed E-state index contributed by atoms with van der Waals surface area (Å²) in [6.07, 6.45) is 1.48. The van der Waals surface area contributed by atoms with Gasteiger partial charge in [0, 0.05) is 5.39 Å². The van der Waals surface area contributed by atoms with Gasteiger partial charge in [-0.2, -0.15) is 5.10 Å². The molecule has 3 N–H and O–H groups in total. The van der Waals surface area contributed by atoms with E-state index in [1.165, 1.54) is 6.26 Å². The highest BCUT2D eigenvalue weighted by atomic mass is 16.3. The van der Waals surface area contributed by atoms with Crippen molar-refractivity contribution >= 4 is 22.6 Å². The fourth-order valence-corrected chi connectivity index (χ4v) is 2.92. The lowest BCUT2D eigenvalue weighted by atomic mass is 10.0. The van der Waals surface area contributed by atoms with Crippen molar-refractivity contribution in [1.29, 1.82) is 0 Å². The van der Waals surface area contributed by atoms with Crippen LogP contribution in [-0.2, 0) is 22.6 Å². The van der Waals surface area contributed by atoms with Crippen LogP contribution in [-0.4, -0.2) is 28.1 Å². The van der Waals surface area contributed by atoms with Crippen molar-refractivity contribution in [1.82, 2.24) is 20.8 Å². The molecule has 8 heteroatoms. The SMILES string of the molecule is CC(C)C(NC(=O)Cc1n[nH]c(=O)c2ccccc12)C(=O)NCc1ccco1. The van der Waals surface area contributed by atoms with Gasteiger partial charge in [0.05, 0.1) is 30.3 Å². The molecule has 0 spiro atoms. The number of aromatic nitrogens is 2. The second-order valence-electron chi connectivity index (χ2n) is 6.81. The van der Waals surface area contributed by atoms with Crippen LogP contribution in [0.25, 0.3) is 10.8 Å². The molecule has 0 saturated heterocycles. The molecule has 1 unspecified atom stereocenters. The Morgan fingerprint density at radius 2 is 1.89 bits per heavy atom. The normalized spacial score (nSPS) is 12.1. The first kappa shape index (κ1) is 19.3. The number of furan rings is 1. The number of nitrogens with zero attached hydrogens (tertiary/aromatic N) is 1. The Kier molecular flexibility index (Phi) is 5.88. The monoisotopic (exact) mass is 382 g/mol. The molecular formula is C20H22N4O4. The fraction of sp³-hybridized carbons (Fsp3) is 0.300. The molecule has 0 saturated carbocycles. The smallest absolute Gasteiger partial charge is 0.272 e. The Morgan fingerprint density at radius 3 is 2.57 bits per heavy atom. The number of nitrogens with one attached hydrogen (secondary N) is 3. The van der Waals surface area contributed by atoms with Gasteiger partial charge in [0.15, 0.2) is 0 Å². The summed E-state index contributed by atoms with van der Waals surface area (Å²) in [6, 6.07) is 9.76. The van der Waals surface area contributed by atoms with Gasteiger partial charge in [-0.15, -0.1) is 0 Å². The summed E-state index contributed by atoms with van der Waals surface area (Å²) in [5.41, 5.74) is 0.142. The number of fused-ring (bicyclic) bond motifs is 1. The summed E-state index contributed by atoms with van der Waals surface area (Å²) >= 11 is 0. The van der Waals surface area contributed by atoms with E-state index in [1.807, 2.05) is 13.8 Å². The van der Waals surface area contributed by atoms with Gasteiger partial charge in [0.25, 0.3) is 5.56 Å². The van der Waals surface area contributed by atoms with Gasteiger partial charge in [-0.05, 0) is 24.1 Å². The summed E-state index contributed by atoms with van der Waals surface area (Å²) in [5.74, 6) is -0.123. The molecule has 0 aliphatic carbocycles. The van der Waals surface area contributed by atoms with Crippen LogP contribution in [0, 0.1) is 5.92 Å². The van der Waals surface area contributed by atoms with E-state index in [4.69, 9.17) is 4.42 Å². The molecule has 0 fully saturated rings. The van der Waals surface area contributed by atoms with E-state index in [2.05, 4.69) is 20.8 Å². The van der Waals surface area contributed by atoms with Crippen LogP contribution in [0.5, 0.6) is 0 Å². The van der Waals surface area contributed by atoms with Gasteiger partial charge in [-0.3, -0.25) is 14.4 Å². The molecule has 146 valence electrons. The maximum absolute atomic E-state index is 12.6. The number of carbonyl (C=O) groups excluding carboxylic acids is 2. The molecular weight excluding hydrogens is 360 g/mol. The van der Waals surface area contributed by atoms with Gasteiger partial charge >= 0.3 is 0 Å². The van der Waals surface area contributed by atoms with Crippen molar-refractivity contribution in [3.8, 4) is 0 Å². The number of carbonyl (C=O) groups is 2. The van der Waals surface area contributed by atoms with E-state index in [0.29, 0.717) is 22.2 Å². The lowest BCUT2D eigenvalue weighted by Gasteiger charge is -2.21. The number of amides is 2. The molecule has 0 bridgehead atoms. The highest BCUT2D eigenvalue weighted by molar-refractivity contribution is 5.91. The summed E-state index contributed by atoms with van der Waals surface area (Å²) in [4.78, 5) is 36.9. The van der Waals surface area contributed by atoms with Crippen molar-refractivity contribution in [2.45, 2.75) is 32.9 Å². The standard InChI is InChI=1S/C20H22N4O4/c1-12(2)18(20(27)21-11-13-6-5-9-28-13)22-17(25)10-16-14-7-3-4-8-15(14)19(26)24-23-16/h3-9,12,18H,10-11H2,1-2H3,(H,21,27)(H,22,25)(H,24,26). The molecule has 2 heterocycles. The van der Waals surface area contributed by atoms with Gasteiger partial charge < -0.3 is 15.1 Å². The summed E-state index contributed by atoms with van der Waals surface area (Å²) in [6.45, 7) is 3.95. The first-order valence-corrected chi connectivity index (χ1v) is 9.01. The van der Waals surface area contributed by atoms with Crippen LogP contribution < -0.4 is 16.2 Å². The molecule has 8 nitrogen and oxygen atoms in total. The molecule has 28 heavy (non-hydrogen) atoms. The Bertz CT molecular complexity index is 1020. The average Bonchev–Trinajstić information content (AvgIpc) is 3.20. The molecule has 2 amide bonds. The van der Waals surface area contributed by atoms with Crippen molar-refractivity contribution in [2.75, 3.05) is 0 Å². The third kappa shape index (κ3) is 4.46. The number of H-pyrrole nitrogens is 1. The molecule has 0 aliphatic rings. The zero-order valence-electron chi connectivity index (χ0n) is 15.7. The van der Waals surface area contributed by atoms with Crippen LogP contribution in [0.15, 0.2) is 51.9 Å². The lowest BCUT2D eigenvalue weighted by Crippen LogP contribution is -2.50. The minimum absolute atomic E-state index is 0.0496. The van der Waals surface area contributed by atoms with Gasteiger partial charge in [-0.25, -0.2) is 5.10 Å². The van der Waals surface area contributed by atoms with E-state index in [-0.39, 0.29) is 36.3 Å². The second-order valence-corrected chi connectivity index (χ2v) is 6.81. The molecule has 2 aromatic heterocycles. The zero-order valence-corrected chi connectivity index (χ0v) is 15.7. The molecule has 0 aliphatic heterocycles. The van der Waals surface area contributed by atoms with Gasteiger partial charge in [0.2, 0.25) is 11.8 Å². The Balaban J connectivity index is 1.68. The first-order chi connectivity index (χ1) is 13.5. The predicted molar refractivity (Wildman–Crippen MR) is 103 cm³/mol. The summed E-state index contributed by atoms with van der Waals surface area (Å²) < 4.78 is 5.20. The van der Waals surface area contributed by atoms with Gasteiger partial charge in [-0.1, -0.05) is 32.0 Å². The van der Waals surface area contributed by atoms with Crippen LogP contribution in [0.1, 0.15) is 25.3 Å². The van der Waals surface area contributed by atoms with Crippen molar-refractivity contribution in [3.63, 3.8) is 0 Å². The highest BCUT2D eigenvalue weighted by Gasteiger charge is 2.24. The highest BCUT2D eigenvalue weighted by Crippen LogP contribution is 2.13. The maximum atomic E-state index is 12.6. The van der Waals surface area contributed by atoms with E-state index < -0.39 is 6.04 Å². The molecule has 3 aromatic rings. The van der Waals surface area contributed by atoms with Crippen molar-refractivity contribution in [2.24, 2.45) is 5.92 Å². The third-order valence-corrected chi connectivity index (χ3v) is 4.39. The van der Waals surface area contributed by atoms with E-state index in [9.17, 15) is 14.4 Å². The summed E-state index contributed by atoms with van der Waals surface area (Å²) in [5, 5.41) is 13.0. The zero-order chi connectivity index (χ0) is 20.1. The lowest BCUT2D eigenvalue weighted by molar-refractivity contribution is -0.129. The molecule has 0 radical (unpaired) electrons. The van der Waals surface area contributed by atoms with E-state index in [1.54, 1.807) is 36.4 Å². The number of aromatic amines is 1. The van der Waals surface area contributed by atoms with Crippen LogP contribution in [0.4, 0.5) is 0 Å². The number of hydrogen-bond acceptors (Lipinski definition) is 5. The topological polar surface area (TPSA) is 117 Å². The average molecular weight is 382 g/mol. The Hall–Kier alpha value is -3.42. The van der Waals surface area contributed by atoms with Gasteiger partial charge in [0.1, 0.15) is 11.8 Å². The van der Waals surface area contributed by atoms with Crippen LogP contribution in [0.3, 0.4) is 0 Å². The van der Waals surface area contributed by atoms with E-state index >= 15 is 0 Å². The van der Waals surface area contributed by atoms with Crippen LogP contribution in [0.2, 0.25) is 0 Å². The predicted octanol–water partition coefficient (Wildman–Crippen LogP) is 1.52. The molecule has 1 atom stereocenters. The summed E-state index contributed by atoms with van der Waals surface area (Å²) in [7, 11) is 0. The number of hydrogen-bond donors (Lipinski definition) is 3. The van der Waals surface area contributed by atoms with Crippen molar-refractivity contribution < 1.29 is 14.0 Å². The Morgan fingerprint density at radius 1 is 1.14 bits per heavy atom. The van der Waals surface area contributed by atoms with E-state index in [0.717, 1.165) is 0 Å². The minimum Gasteiger partial charge on any atom is -0.467 e. The number of benzene rings is 1. The number of rotatable bonds is 7. The van der Waals surface area contributed by atoms with Crippen molar-refractivity contribution in [3.05, 3.63) is 64.5 Å². The Labute approximate surface area is 161 Å². The third-order valence-electron chi connectivity index (χ3n) is 4.39. The maximum Gasteiger partial charge on any atom is 0.272 e.